The molecule has 1 saturated heterocycles. The van der Waals surface area contributed by atoms with Crippen LogP contribution >= 0.6 is 0 Å². The molecule has 1 aliphatic rings. The summed E-state index contributed by atoms with van der Waals surface area (Å²) in [6, 6.07) is 8.79. The molecule has 2 aromatic heterocycles. The van der Waals surface area contributed by atoms with Gasteiger partial charge in [0.05, 0.1) is 18.5 Å². The van der Waals surface area contributed by atoms with Gasteiger partial charge < -0.3 is 4.90 Å². The highest BCUT2D eigenvalue weighted by molar-refractivity contribution is 5.85. The van der Waals surface area contributed by atoms with E-state index in [0.717, 1.165) is 48.2 Å². The molecule has 0 atom stereocenters. The topological polar surface area (TPSA) is 62.2 Å². The summed E-state index contributed by atoms with van der Waals surface area (Å²) in [4.78, 5) is 29.5. The van der Waals surface area contributed by atoms with Crippen LogP contribution in [0.2, 0.25) is 0 Å². The lowest BCUT2D eigenvalue weighted by molar-refractivity contribution is -0.120. The minimum absolute atomic E-state index is 0.128. The third-order valence-corrected chi connectivity index (χ3v) is 5.04. The van der Waals surface area contributed by atoms with Crippen molar-refractivity contribution in [1.82, 2.24) is 24.8 Å². The van der Waals surface area contributed by atoms with Crippen molar-refractivity contribution in [2.24, 2.45) is 0 Å². The van der Waals surface area contributed by atoms with Crippen LogP contribution in [0, 0.1) is 5.95 Å². The van der Waals surface area contributed by atoms with E-state index in [9.17, 15) is 9.18 Å². The number of benzene rings is 1. The maximum absolute atomic E-state index is 13.0. The Hall–Kier alpha value is -2.77. The predicted octanol–water partition coefficient (Wildman–Crippen LogP) is 2.19. The fraction of sp³-hybridized carbons (Fsp3) is 0.333. The number of carbonyl (C=O) groups excluding carboxylic acids is 1. The Morgan fingerprint density at radius 2 is 1.82 bits per heavy atom. The number of halogens is 1. The standard InChI is InChI=1S/C21H22FN5O/c1-26-6-8-27(9-7-26)14-18(28)11-21-24-13-17-3-2-15(10-19(17)25-21)16-4-5-20(22)23-12-16/h2-5,10,12-13H,6-9,11,14H2,1H3. The van der Waals surface area contributed by atoms with E-state index >= 15 is 0 Å². The smallest absolute Gasteiger partial charge is 0.212 e. The zero-order valence-electron chi connectivity index (χ0n) is 15.8. The number of carbonyl (C=O) groups is 1. The molecule has 0 radical (unpaired) electrons. The van der Waals surface area contributed by atoms with E-state index in [2.05, 4.69) is 31.8 Å². The Morgan fingerprint density at radius 3 is 2.57 bits per heavy atom. The lowest BCUT2D eigenvalue weighted by Gasteiger charge is -2.31. The summed E-state index contributed by atoms with van der Waals surface area (Å²) in [5.41, 5.74) is 2.47. The fourth-order valence-corrected chi connectivity index (χ4v) is 3.36. The summed E-state index contributed by atoms with van der Waals surface area (Å²) >= 11 is 0. The van der Waals surface area contributed by atoms with Crippen molar-refractivity contribution >= 4 is 16.7 Å². The number of likely N-dealkylation sites (N-methyl/N-ethyl adjacent to an activating group) is 1. The lowest BCUT2D eigenvalue weighted by atomic mass is 10.1. The van der Waals surface area contributed by atoms with Crippen LogP contribution in [0.3, 0.4) is 0 Å². The Balaban J connectivity index is 1.48. The largest absolute Gasteiger partial charge is 0.304 e. The molecule has 144 valence electrons. The molecule has 1 aromatic carbocycles. The van der Waals surface area contributed by atoms with Crippen LogP contribution in [0.25, 0.3) is 22.0 Å². The number of hydrogen-bond donors (Lipinski definition) is 0. The van der Waals surface area contributed by atoms with E-state index in [0.29, 0.717) is 12.4 Å². The second kappa shape index (κ2) is 8.08. The second-order valence-corrected chi connectivity index (χ2v) is 7.22. The first-order valence-electron chi connectivity index (χ1n) is 9.37. The average Bonchev–Trinajstić information content (AvgIpc) is 2.70. The third-order valence-electron chi connectivity index (χ3n) is 5.04. The number of nitrogens with zero attached hydrogens (tertiary/aromatic N) is 5. The first-order valence-corrected chi connectivity index (χ1v) is 9.37. The summed E-state index contributed by atoms with van der Waals surface area (Å²) in [6.07, 6.45) is 3.47. The fourth-order valence-electron chi connectivity index (χ4n) is 3.36. The van der Waals surface area contributed by atoms with Gasteiger partial charge in [-0.05, 0) is 30.8 Å². The highest BCUT2D eigenvalue weighted by Crippen LogP contribution is 2.23. The number of fused-ring (bicyclic) bond motifs is 1. The molecule has 4 rings (SSSR count). The van der Waals surface area contributed by atoms with E-state index in [1.165, 1.54) is 12.3 Å². The van der Waals surface area contributed by atoms with Crippen molar-refractivity contribution in [3.8, 4) is 11.1 Å². The molecule has 7 heteroatoms. The Kier molecular flexibility index (Phi) is 5.36. The van der Waals surface area contributed by atoms with Gasteiger partial charge in [-0.15, -0.1) is 0 Å². The maximum Gasteiger partial charge on any atom is 0.212 e. The summed E-state index contributed by atoms with van der Waals surface area (Å²) in [5, 5.41) is 0.897. The van der Waals surface area contributed by atoms with Crippen LogP contribution in [0.5, 0.6) is 0 Å². The molecule has 3 heterocycles. The van der Waals surface area contributed by atoms with Gasteiger partial charge in [-0.2, -0.15) is 4.39 Å². The molecule has 0 spiro atoms. The van der Waals surface area contributed by atoms with Gasteiger partial charge in [0.1, 0.15) is 5.82 Å². The van der Waals surface area contributed by atoms with Crippen LogP contribution in [0.15, 0.2) is 42.7 Å². The Labute approximate surface area is 163 Å². The van der Waals surface area contributed by atoms with Crippen molar-refractivity contribution in [2.45, 2.75) is 6.42 Å². The third kappa shape index (κ3) is 4.37. The second-order valence-electron chi connectivity index (χ2n) is 7.22. The highest BCUT2D eigenvalue weighted by atomic mass is 19.1. The van der Waals surface area contributed by atoms with E-state index in [1.54, 1.807) is 12.3 Å². The zero-order valence-corrected chi connectivity index (χ0v) is 15.8. The monoisotopic (exact) mass is 379 g/mol. The van der Waals surface area contributed by atoms with E-state index < -0.39 is 5.95 Å². The molecule has 28 heavy (non-hydrogen) atoms. The van der Waals surface area contributed by atoms with Gasteiger partial charge in [-0.3, -0.25) is 9.69 Å². The Bertz CT molecular complexity index is 984. The predicted molar refractivity (Wildman–Crippen MR) is 105 cm³/mol. The summed E-state index contributed by atoms with van der Waals surface area (Å²) in [6.45, 7) is 4.24. The number of pyridine rings is 1. The normalized spacial score (nSPS) is 15.8. The van der Waals surface area contributed by atoms with Gasteiger partial charge in [0, 0.05) is 49.5 Å². The minimum atomic E-state index is -0.506. The molecule has 1 fully saturated rings. The number of ketones is 1. The summed E-state index contributed by atoms with van der Waals surface area (Å²) < 4.78 is 13.0. The van der Waals surface area contributed by atoms with Crippen molar-refractivity contribution in [1.29, 1.82) is 0 Å². The number of piperazine rings is 1. The number of hydrogen-bond acceptors (Lipinski definition) is 6. The molecular weight excluding hydrogens is 357 g/mol. The van der Waals surface area contributed by atoms with Gasteiger partial charge >= 0.3 is 0 Å². The number of aromatic nitrogens is 3. The maximum atomic E-state index is 13.0. The van der Waals surface area contributed by atoms with Gasteiger partial charge in [-0.1, -0.05) is 12.1 Å². The minimum Gasteiger partial charge on any atom is -0.304 e. The molecule has 3 aromatic rings. The van der Waals surface area contributed by atoms with Crippen LogP contribution in [-0.4, -0.2) is 70.3 Å². The van der Waals surface area contributed by atoms with Gasteiger partial charge in [0.15, 0.2) is 5.78 Å². The molecular formula is C21H22FN5O. The van der Waals surface area contributed by atoms with Crippen LogP contribution in [-0.2, 0) is 11.2 Å². The molecule has 0 aliphatic carbocycles. The SMILES string of the molecule is CN1CCN(CC(=O)Cc2ncc3ccc(-c4ccc(F)nc4)cc3n2)CC1. The lowest BCUT2D eigenvalue weighted by Crippen LogP contribution is -2.46. The van der Waals surface area contributed by atoms with E-state index in [-0.39, 0.29) is 12.2 Å². The molecule has 0 bridgehead atoms. The van der Waals surface area contributed by atoms with Crippen molar-refractivity contribution < 1.29 is 9.18 Å². The summed E-state index contributed by atoms with van der Waals surface area (Å²) in [5.74, 6) is 0.150. The quantitative estimate of drug-likeness (QED) is 0.634. The molecule has 0 N–H and O–H groups in total. The molecule has 0 saturated carbocycles. The highest BCUT2D eigenvalue weighted by Gasteiger charge is 2.17. The van der Waals surface area contributed by atoms with E-state index in [4.69, 9.17) is 0 Å². The number of rotatable bonds is 5. The van der Waals surface area contributed by atoms with Gasteiger partial charge in [0.25, 0.3) is 0 Å². The van der Waals surface area contributed by atoms with E-state index in [1.807, 2.05) is 18.2 Å². The molecule has 6 nitrogen and oxygen atoms in total. The zero-order chi connectivity index (χ0) is 19.5. The van der Waals surface area contributed by atoms with Crippen LogP contribution in [0.4, 0.5) is 4.39 Å². The Morgan fingerprint density at radius 1 is 1.04 bits per heavy atom. The van der Waals surface area contributed by atoms with Crippen molar-refractivity contribution in [3.05, 3.63) is 54.5 Å². The first kappa shape index (κ1) is 18.6. The molecule has 1 aliphatic heterocycles. The average molecular weight is 379 g/mol. The van der Waals surface area contributed by atoms with Gasteiger partial charge in [0.2, 0.25) is 5.95 Å². The van der Waals surface area contributed by atoms with Crippen LogP contribution < -0.4 is 0 Å². The number of Topliss-reactive ketones (excluding diaryl/α,β-unsaturated/α-hetero) is 1. The first-order chi connectivity index (χ1) is 13.6. The molecule has 0 amide bonds. The van der Waals surface area contributed by atoms with Crippen molar-refractivity contribution in [2.75, 3.05) is 39.8 Å². The van der Waals surface area contributed by atoms with Gasteiger partial charge in [-0.25, -0.2) is 15.0 Å². The van der Waals surface area contributed by atoms with Crippen LogP contribution in [0.1, 0.15) is 5.82 Å². The summed E-state index contributed by atoms with van der Waals surface area (Å²) in [7, 11) is 2.10. The van der Waals surface area contributed by atoms with Crippen molar-refractivity contribution in [3.63, 3.8) is 0 Å². The molecule has 0 unspecified atom stereocenters.